The zero-order valence-corrected chi connectivity index (χ0v) is 10.2. The second-order valence-electron chi connectivity index (χ2n) is 4.25. The van der Waals surface area contributed by atoms with Crippen molar-refractivity contribution < 1.29 is 9.21 Å². The van der Waals surface area contributed by atoms with Crippen molar-refractivity contribution in [2.24, 2.45) is 0 Å². The van der Waals surface area contributed by atoms with E-state index in [1.54, 1.807) is 6.26 Å². The minimum absolute atomic E-state index is 0.329. The summed E-state index contributed by atoms with van der Waals surface area (Å²) in [7, 11) is 0. The van der Waals surface area contributed by atoms with Gasteiger partial charge in [-0.3, -0.25) is 4.79 Å². The quantitative estimate of drug-likeness (QED) is 0.739. The molecule has 0 radical (unpaired) electrons. The van der Waals surface area contributed by atoms with Gasteiger partial charge in [0.25, 0.3) is 0 Å². The van der Waals surface area contributed by atoms with Gasteiger partial charge in [-0.1, -0.05) is 6.92 Å². The number of hydrogen-bond acceptors (Lipinski definition) is 2. The second-order valence-corrected chi connectivity index (χ2v) is 4.25. The molecule has 1 unspecified atom stereocenters. The fourth-order valence-electron chi connectivity index (χ4n) is 2.06. The topological polar surface area (TPSA) is 35.1 Å². The summed E-state index contributed by atoms with van der Waals surface area (Å²) in [6.45, 7) is 4.24. The Hall–Kier alpha value is -1.77. The highest BCUT2D eigenvalue weighted by Gasteiger charge is 2.13. The lowest BCUT2D eigenvalue weighted by molar-refractivity contribution is 0.111. The molecule has 3 nitrogen and oxygen atoms in total. The Balaban J connectivity index is 2.33. The van der Waals surface area contributed by atoms with Crippen molar-refractivity contribution in [1.29, 1.82) is 0 Å². The predicted molar refractivity (Wildman–Crippen MR) is 66.3 cm³/mol. The number of hydrogen-bond donors (Lipinski definition) is 0. The molecule has 0 amide bonds. The normalized spacial score (nSPS) is 12.6. The zero-order valence-electron chi connectivity index (χ0n) is 10.2. The molecule has 0 fully saturated rings. The van der Waals surface area contributed by atoms with E-state index in [0.29, 0.717) is 6.04 Å². The monoisotopic (exact) mass is 231 g/mol. The number of furan rings is 1. The van der Waals surface area contributed by atoms with Gasteiger partial charge in [0.1, 0.15) is 5.76 Å². The van der Waals surface area contributed by atoms with Crippen LogP contribution >= 0.6 is 0 Å². The first kappa shape index (κ1) is 11.7. The van der Waals surface area contributed by atoms with Gasteiger partial charge in [-0.05, 0) is 37.6 Å². The molecule has 0 aliphatic rings. The third-order valence-electron chi connectivity index (χ3n) is 3.12. The lowest BCUT2D eigenvalue weighted by Gasteiger charge is -2.17. The van der Waals surface area contributed by atoms with Gasteiger partial charge in [-0.25, -0.2) is 0 Å². The minimum atomic E-state index is 0.329. The Morgan fingerprint density at radius 3 is 2.82 bits per heavy atom. The molecule has 0 bridgehead atoms. The SMILES string of the molecule is CCC(C)n1c(C=O)ccc1Cc1ccco1. The van der Waals surface area contributed by atoms with Crippen molar-refractivity contribution in [1.82, 2.24) is 4.57 Å². The molecule has 17 heavy (non-hydrogen) atoms. The number of rotatable bonds is 5. The van der Waals surface area contributed by atoms with Gasteiger partial charge >= 0.3 is 0 Å². The van der Waals surface area contributed by atoms with Crippen molar-refractivity contribution in [2.75, 3.05) is 0 Å². The van der Waals surface area contributed by atoms with E-state index >= 15 is 0 Å². The highest BCUT2D eigenvalue weighted by atomic mass is 16.3. The largest absolute Gasteiger partial charge is 0.469 e. The molecule has 1 atom stereocenters. The van der Waals surface area contributed by atoms with Crippen LogP contribution < -0.4 is 0 Å². The Kier molecular flexibility index (Phi) is 3.47. The van der Waals surface area contributed by atoms with Crippen molar-refractivity contribution in [2.45, 2.75) is 32.7 Å². The van der Waals surface area contributed by atoms with E-state index < -0.39 is 0 Å². The van der Waals surface area contributed by atoms with Gasteiger partial charge < -0.3 is 8.98 Å². The summed E-state index contributed by atoms with van der Waals surface area (Å²) in [6, 6.07) is 8.03. The average Bonchev–Trinajstić information content (AvgIpc) is 2.98. The molecule has 0 saturated carbocycles. The summed E-state index contributed by atoms with van der Waals surface area (Å²) in [4.78, 5) is 11.0. The first-order chi connectivity index (χ1) is 8.26. The van der Waals surface area contributed by atoms with Gasteiger partial charge in [-0.15, -0.1) is 0 Å². The van der Waals surface area contributed by atoms with Gasteiger partial charge in [0.2, 0.25) is 0 Å². The standard InChI is InChI=1S/C14H17NO2/c1-3-11(2)15-12(6-7-13(15)10-16)9-14-5-4-8-17-14/h4-8,10-11H,3,9H2,1-2H3. The fraction of sp³-hybridized carbons (Fsp3) is 0.357. The van der Waals surface area contributed by atoms with Gasteiger partial charge in [0.15, 0.2) is 6.29 Å². The van der Waals surface area contributed by atoms with Crippen molar-refractivity contribution >= 4 is 6.29 Å². The van der Waals surface area contributed by atoms with Gasteiger partial charge in [0.05, 0.1) is 12.0 Å². The first-order valence-electron chi connectivity index (χ1n) is 5.94. The average molecular weight is 231 g/mol. The van der Waals surface area contributed by atoms with Crippen LogP contribution in [-0.2, 0) is 6.42 Å². The van der Waals surface area contributed by atoms with Crippen LogP contribution in [-0.4, -0.2) is 10.9 Å². The molecule has 2 aromatic heterocycles. The van der Waals surface area contributed by atoms with E-state index in [1.165, 1.54) is 0 Å². The van der Waals surface area contributed by atoms with Crippen LogP contribution in [0.15, 0.2) is 34.9 Å². The fourth-order valence-corrected chi connectivity index (χ4v) is 2.06. The molecule has 0 aliphatic heterocycles. The predicted octanol–water partition coefficient (Wildman–Crippen LogP) is 3.46. The van der Waals surface area contributed by atoms with E-state index in [9.17, 15) is 4.79 Å². The van der Waals surface area contributed by atoms with Crippen LogP contribution in [0, 0.1) is 0 Å². The molecular weight excluding hydrogens is 214 g/mol. The van der Waals surface area contributed by atoms with Crippen LogP contribution in [0.25, 0.3) is 0 Å². The van der Waals surface area contributed by atoms with E-state index in [-0.39, 0.29) is 0 Å². The lowest BCUT2D eigenvalue weighted by Crippen LogP contribution is -2.11. The van der Waals surface area contributed by atoms with Crippen molar-refractivity contribution in [3.05, 3.63) is 47.7 Å². The molecule has 2 heterocycles. The van der Waals surface area contributed by atoms with Crippen LogP contribution in [0.2, 0.25) is 0 Å². The smallest absolute Gasteiger partial charge is 0.166 e. The Morgan fingerprint density at radius 1 is 1.41 bits per heavy atom. The number of aromatic nitrogens is 1. The first-order valence-corrected chi connectivity index (χ1v) is 5.94. The Morgan fingerprint density at radius 2 is 2.24 bits per heavy atom. The third-order valence-corrected chi connectivity index (χ3v) is 3.12. The maximum absolute atomic E-state index is 11.0. The maximum atomic E-state index is 11.0. The van der Waals surface area contributed by atoms with E-state index in [0.717, 1.165) is 36.3 Å². The number of aldehydes is 1. The van der Waals surface area contributed by atoms with Crippen LogP contribution in [0.5, 0.6) is 0 Å². The summed E-state index contributed by atoms with van der Waals surface area (Å²) in [5.74, 6) is 0.921. The number of nitrogens with zero attached hydrogens (tertiary/aromatic N) is 1. The highest BCUT2D eigenvalue weighted by Crippen LogP contribution is 2.20. The molecule has 0 aromatic carbocycles. The Labute approximate surface area is 101 Å². The maximum Gasteiger partial charge on any atom is 0.166 e. The van der Waals surface area contributed by atoms with Crippen LogP contribution in [0.4, 0.5) is 0 Å². The summed E-state index contributed by atoms with van der Waals surface area (Å²) >= 11 is 0. The van der Waals surface area contributed by atoms with Gasteiger partial charge in [-0.2, -0.15) is 0 Å². The molecule has 2 rings (SSSR count). The molecule has 0 saturated heterocycles. The van der Waals surface area contributed by atoms with E-state index in [1.807, 2.05) is 24.3 Å². The molecule has 0 spiro atoms. The number of carbonyl (C=O) groups excluding carboxylic acids is 1. The molecule has 0 aliphatic carbocycles. The van der Waals surface area contributed by atoms with Gasteiger partial charge in [0, 0.05) is 18.2 Å². The van der Waals surface area contributed by atoms with E-state index in [2.05, 4.69) is 18.4 Å². The summed E-state index contributed by atoms with van der Waals surface area (Å²) in [5, 5.41) is 0. The molecule has 0 N–H and O–H groups in total. The molecule has 3 heteroatoms. The second kappa shape index (κ2) is 5.04. The van der Waals surface area contributed by atoms with Crippen LogP contribution in [0.3, 0.4) is 0 Å². The minimum Gasteiger partial charge on any atom is -0.469 e. The van der Waals surface area contributed by atoms with Crippen LogP contribution in [0.1, 0.15) is 48.3 Å². The van der Waals surface area contributed by atoms with E-state index in [4.69, 9.17) is 4.42 Å². The van der Waals surface area contributed by atoms with Crippen molar-refractivity contribution in [3.63, 3.8) is 0 Å². The highest BCUT2D eigenvalue weighted by molar-refractivity contribution is 5.73. The molecular formula is C14H17NO2. The summed E-state index contributed by atoms with van der Waals surface area (Å²) in [6.07, 6.45) is 4.32. The lowest BCUT2D eigenvalue weighted by atomic mass is 10.2. The third kappa shape index (κ3) is 2.33. The van der Waals surface area contributed by atoms with Crippen molar-refractivity contribution in [3.8, 4) is 0 Å². The summed E-state index contributed by atoms with van der Waals surface area (Å²) in [5.41, 5.74) is 1.86. The summed E-state index contributed by atoms with van der Waals surface area (Å²) < 4.78 is 7.44. The molecule has 2 aromatic rings. The Bertz CT molecular complexity index is 482. The zero-order chi connectivity index (χ0) is 12.3. The molecule has 90 valence electrons. The number of carbonyl (C=O) groups is 1.